The standard InChI is InChI=1S/C27H50O4/c1-7-10-12-14-16-18-20-30-25(28)23(9-3)24(22-27(4,5)6)26(29)31-21-19-17-15-13-11-8-2/h7-22H2,1-6H3. The van der Waals surface area contributed by atoms with Crippen LogP contribution in [-0.4, -0.2) is 25.2 Å². The lowest BCUT2D eigenvalue weighted by molar-refractivity contribution is -0.143. The van der Waals surface area contributed by atoms with Crippen LogP contribution in [0.15, 0.2) is 11.1 Å². The molecule has 0 aromatic rings. The average molecular weight is 439 g/mol. The van der Waals surface area contributed by atoms with Gasteiger partial charge in [-0.3, -0.25) is 0 Å². The Hall–Kier alpha value is -1.32. The lowest BCUT2D eigenvalue weighted by atomic mass is 9.85. The zero-order valence-corrected chi connectivity index (χ0v) is 21.4. The maximum absolute atomic E-state index is 12.8. The fraction of sp³-hybridized carbons (Fsp3) is 0.852. The molecule has 182 valence electrons. The third kappa shape index (κ3) is 16.0. The summed E-state index contributed by atoms with van der Waals surface area (Å²) in [6, 6.07) is 0. The van der Waals surface area contributed by atoms with E-state index in [2.05, 4.69) is 34.6 Å². The van der Waals surface area contributed by atoms with Gasteiger partial charge in [0.15, 0.2) is 0 Å². The summed E-state index contributed by atoms with van der Waals surface area (Å²) in [7, 11) is 0. The third-order valence-corrected chi connectivity index (χ3v) is 5.38. The lowest BCUT2D eigenvalue weighted by Crippen LogP contribution is -2.21. The van der Waals surface area contributed by atoms with Crippen molar-refractivity contribution in [2.75, 3.05) is 13.2 Å². The molecule has 0 radical (unpaired) electrons. The minimum atomic E-state index is -0.355. The number of carbonyl (C=O) groups excluding carboxylic acids is 2. The van der Waals surface area contributed by atoms with Crippen LogP contribution >= 0.6 is 0 Å². The predicted octanol–water partition coefficient (Wildman–Crippen LogP) is 7.94. The molecule has 0 aliphatic carbocycles. The molecule has 0 aliphatic rings. The van der Waals surface area contributed by atoms with Crippen LogP contribution in [0.4, 0.5) is 0 Å². The Labute approximate surface area is 192 Å². The number of ether oxygens (including phenoxy) is 2. The number of rotatable bonds is 18. The molecular weight excluding hydrogens is 388 g/mol. The monoisotopic (exact) mass is 438 g/mol. The molecule has 0 bridgehead atoms. The van der Waals surface area contributed by atoms with Crippen LogP contribution in [-0.2, 0) is 19.1 Å². The first-order chi connectivity index (χ1) is 14.8. The molecule has 0 rings (SSSR count). The van der Waals surface area contributed by atoms with Crippen molar-refractivity contribution in [3.63, 3.8) is 0 Å². The maximum atomic E-state index is 12.8. The maximum Gasteiger partial charge on any atom is 0.334 e. The molecule has 0 amide bonds. The van der Waals surface area contributed by atoms with E-state index in [0.29, 0.717) is 37.2 Å². The Morgan fingerprint density at radius 1 is 0.581 bits per heavy atom. The number of esters is 2. The molecule has 0 N–H and O–H groups in total. The van der Waals surface area contributed by atoms with Gasteiger partial charge in [0.05, 0.1) is 13.2 Å². The molecule has 0 unspecified atom stereocenters. The second-order valence-corrected chi connectivity index (χ2v) is 9.86. The number of unbranched alkanes of at least 4 members (excludes halogenated alkanes) is 10. The van der Waals surface area contributed by atoms with E-state index in [-0.39, 0.29) is 17.4 Å². The van der Waals surface area contributed by atoms with Crippen LogP contribution in [0.1, 0.15) is 131 Å². The van der Waals surface area contributed by atoms with Gasteiger partial charge in [0.1, 0.15) is 0 Å². The molecule has 0 spiro atoms. The van der Waals surface area contributed by atoms with Gasteiger partial charge in [0.2, 0.25) is 0 Å². The summed E-state index contributed by atoms with van der Waals surface area (Å²) < 4.78 is 11.1. The fourth-order valence-electron chi connectivity index (χ4n) is 3.58. The quantitative estimate of drug-likeness (QED) is 0.124. The van der Waals surface area contributed by atoms with Gasteiger partial charge >= 0.3 is 11.9 Å². The summed E-state index contributed by atoms with van der Waals surface area (Å²) in [5, 5.41) is 0. The van der Waals surface area contributed by atoms with Crippen molar-refractivity contribution in [3.8, 4) is 0 Å². The third-order valence-electron chi connectivity index (χ3n) is 5.38. The number of hydrogen-bond donors (Lipinski definition) is 0. The minimum Gasteiger partial charge on any atom is -0.462 e. The van der Waals surface area contributed by atoms with E-state index in [1.165, 1.54) is 51.4 Å². The highest BCUT2D eigenvalue weighted by Crippen LogP contribution is 2.28. The van der Waals surface area contributed by atoms with Gasteiger partial charge in [0.25, 0.3) is 0 Å². The van der Waals surface area contributed by atoms with Crippen molar-refractivity contribution in [1.29, 1.82) is 0 Å². The Morgan fingerprint density at radius 3 is 1.35 bits per heavy atom. The molecule has 0 fully saturated rings. The highest BCUT2D eigenvalue weighted by atomic mass is 16.5. The molecule has 0 aliphatic heterocycles. The first kappa shape index (κ1) is 29.7. The van der Waals surface area contributed by atoms with E-state index in [4.69, 9.17) is 9.47 Å². The van der Waals surface area contributed by atoms with E-state index in [9.17, 15) is 9.59 Å². The van der Waals surface area contributed by atoms with Gasteiger partial charge in [-0.15, -0.1) is 0 Å². The van der Waals surface area contributed by atoms with Gasteiger partial charge in [0, 0.05) is 11.1 Å². The van der Waals surface area contributed by atoms with E-state index in [1.807, 2.05) is 6.92 Å². The average Bonchev–Trinajstić information content (AvgIpc) is 2.71. The summed E-state index contributed by atoms with van der Waals surface area (Å²) in [6.45, 7) is 13.4. The first-order valence-electron chi connectivity index (χ1n) is 12.8. The normalized spacial score (nSPS) is 12.5. The molecular formula is C27H50O4. The summed E-state index contributed by atoms with van der Waals surface area (Å²) in [6.07, 6.45) is 14.7. The second-order valence-electron chi connectivity index (χ2n) is 9.86. The van der Waals surface area contributed by atoms with Crippen molar-refractivity contribution in [2.24, 2.45) is 5.41 Å². The number of carbonyl (C=O) groups is 2. The van der Waals surface area contributed by atoms with Crippen molar-refractivity contribution in [1.82, 2.24) is 0 Å². The van der Waals surface area contributed by atoms with Gasteiger partial charge in [-0.25, -0.2) is 9.59 Å². The highest BCUT2D eigenvalue weighted by molar-refractivity contribution is 6.00. The summed E-state index contributed by atoms with van der Waals surface area (Å²) in [4.78, 5) is 25.6. The minimum absolute atomic E-state index is 0.117. The molecule has 4 heteroatoms. The largest absolute Gasteiger partial charge is 0.462 e. The topological polar surface area (TPSA) is 52.6 Å². The smallest absolute Gasteiger partial charge is 0.334 e. The molecule has 31 heavy (non-hydrogen) atoms. The van der Waals surface area contributed by atoms with E-state index in [0.717, 1.165) is 25.7 Å². The van der Waals surface area contributed by atoms with Crippen LogP contribution < -0.4 is 0 Å². The van der Waals surface area contributed by atoms with Crippen molar-refractivity contribution < 1.29 is 19.1 Å². The van der Waals surface area contributed by atoms with Crippen LogP contribution in [0.5, 0.6) is 0 Å². The second kappa shape index (κ2) is 18.3. The Balaban J connectivity index is 4.80. The van der Waals surface area contributed by atoms with E-state index >= 15 is 0 Å². The van der Waals surface area contributed by atoms with Crippen molar-refractivity contribution >= 4 is 11.9 Å². The van der Waals surface area contributed by atoms with Gasteiger partial charge in [-0.05, 0) is 31.1 Å². The van der Waals surface area contributed by atoms with E-state index < -0.39 is 0 Å². The van der Waals surface area contributed by atoms with Crippen LogP contribution in [0.25, 0.3) is 0 Å². The Kier molecular flexibility index (Phi) is 17.5. The lowest BCUT2D eigenvalue weighted by Gasteiger charge is -2.22. The molecule has 0 saturated heterocycles. The zero-order valence-electron chi connectivity index (χ0n) is 21.4. The van der Waals surface area contributed by atoms with Crippen LogP contribution in [0.3, 0.4) is 0 Å². The summed E-state index contributed by atoms with van der Waals surface area (Å²) >= 11 is 0. The molecule has 0 atom stereocenters. The molecule has 0 saturated carbocycles. The number of hydrogen-bond acceptors (Lipinski definition) is 4. The predicted molar refractivity (Wildman–Crippen MR) is 130 cm³/mol. The van der Waals surface area contributed by atoms with Crippen molar-refractivity contribution in [2.45, 2.75) is 131 Å². The molecule has 0 aromatic heterocycles. The molecule has 0 heterocycles. The molecule has 0 aromatic carbocycles. The van der Waals surface area contributed by atoms with E-state index in [1.54, 1.807) is 0 Å². The highest BCUT2D eigenvalue weighted by Gasteiger charge is 2.26. The zero-order chi connectivity index (χ0) is 23.5. The van der Waals surface area contributed by atoms with Gasteiger partial charge < -0.3 is 9.47 Å². The van der Waals surface area contributed by atoms with Gasteiger partial charge in [-0.1, -0.05) is 106 Å². The Morgan fingerprint density at radius 2 is 0.968 bits per heavy atom. The van der Waals surface area contributed by atoms with Crippen molar-refractivity contribution in [3.05, 3.63) is 11.1 Å². The van der Waals surface area contributed by atoms with Gasteiger partial charge in [-0.2, -0.15) is 0 Å². The van der Waals surface area contributed by atoms with Crippen LogP contribution in [0.2, 0.25) is 0 Å². The summed E-state index contributed by atoms with van der Waals surface area (Å²) in [5.41, 5.74) is 0.858. The molecule has 4 nitrogen and oxygen atoms in total. The van der Waals surface area contributed by atoms with Crippen LogP contribution in [0, 0.1) is 5.41 Å². The fourth-order valence-corrected chi connectivity index (χ4v) is 3.58. The SMILES string of the molecule is CCCCCCCCOC(=O)C(CC)=C(CC(C)(C)C)C(=O)OCCCCCCCC. The first-order valence-corrected chi connectivity index (χ1v) is 12.8. The summed E-state index contributed by atoms with van der Waals surface area (Å²) in [5.74, 6) is -0.705. The Bertz CT molecular complexity index is 514.